The third-order valence-electron chi connectivity index (χ3n) is 7.77. The molecule has 5 rings (SSSR count). The number of unbranched alkanes of at least 4 members (excludes halogenated alkanes) is 1. The molecule has 1 saturated heterocycles. The van der Waals surface area contributed by atoms with Crippen molar-refractivity contribution in [2.75, 3.05) is 38.1 Å². The van der Waals surface area contributed by atoms with E-state index in [0.717, 1.165) is 46.4 Å². The number of fused-ring (bicyclic) bond motifs is 1. The predicted octanol–water partition coefficient (Wildman–Crippen LogP) is 6.24. The van der Waals surface area contributed by atoms with E-state index < -0.39 is 10.0 Å². The van der Waals surface area contributed by atoms with Crippen molar-refractivity contribution in [1.29, 1.82) is 0 Å². The largest absolute Gasteiger partial charge is 0.494 e. The number of hydrogen-bond donors (Lipinski definition) is 1. The van der Waals surface area contributed by atoms with E-state index in [-0.39, 0.29) is 6.04 Å². The van der Waals surface area contributed by atoms with Crippen molar-refractivity contribution < 1.29 is 13.2 Å². The second-order valence-electron chi connectivity index (χ2n) is 10.6. The van der Waals surface area contributed by atoms with E-state index in [1.807, 2.05) is 24.3 Å². The fourth-order valence-corrected chi connectivity index (χ4v) is 6.61. The first kappa shape index (κ1) is 29.0. The van der Waals surface area contributed by atoms with Crippen LogP contribution in [0.2, 0.25) is 0 Å². The van der Waals surface area contributed by atoms with Gasteiger partial charge in [-0.15, -0.1) is 0 Å². The second kappa shape index (κ2) is 12.5. The molecule has 0 unspecified atom stereocenters. The summed E-state index contributed by atoms with van der Waals surface area (Å²) in [5.74, 6) is 2.18. The van der Waals surface area contributed by atoms with Gasteiger partial charge in [-0.05, 0) is 74.7 Å². The van der Waals surface area contributed by atoms with Gasteiger partial charge in [0.05, 0.1) is 23.1 Å². The van der Waals surface area contributed by atoms with Gasteiger partial charge in [-0.3, -0.25) is 4.90 Å². The Morgan fingerprint density at radius 3 is 2.27 bits per heavy atom. The molecule has 1 atom stereocenters. The molecule has 1 aromatic heterocycles. The summed E-state index contributed by atoms with van der Waals surface area (Å²) in [6.45, 7) is 11.0. The number of piperazine rings is 1. The van der Waals surface area contributed by atoms with Gasteiger partial charge in [0.15, 0.2) is 0 Å². The third-order valence-corrected chi connectivity index (χ3v) is 9.68. The topological polar surface area (TPSA) is 87.7 Å². The van der Waals surface area contributed by atoms with E-state index in [2.05, 4.69) is 56.1 Å². The van der Waals surface area contributed by atoms with E-state index in [9.17, 15) is 8.42 Å². The molecular formula is C32H39N5O3S. The predicted molar refractivity (Wildman–Crippen MR) is 164 cm³/mol. The minimum atomic E-state index is -3.59. The number of rotatable bonds is 10. The molecule has 0 bridgehead atoms. The molecule has 3 aromatic carbocycles. The Labute approximate surface area is 243 Å². The zero-order valence-corrected chi connectivity index (χ0v) is 25.1. The molecule has 1 aliphatic heterocycles. The zero-order chi connectivity index (χ0) is 29.0. The fourth-order valence-electron chi connectivity index (χ4n) is 5.19. The lowest BCUT2D eigenvalue weighted by atomic mass is 10.1. The normalized spacial score (nSPS) is 15.6. The Bertz CT molecular complexity index is 1580. The van der Waals surface area contributed by atoms with Crippen LogP contribution in [0.15, 0.2) is 71.6 Å². The van der Waals surface area contributed by atoms with Crippen LogP contribution in [0.5, 0.6) is 5.75 Å². The molecule has 2 heterocycles. The lowest BCUT2D eigenvalue weighted by Gasteiger charge is -2.37. The molecule has 0 saturated carbocycles. The summed E-state index contributed by atoms with van der Waals surface area (Å²) >= 11 is 0. The first-order chi connectivity index (χ1) is 19.8. The maximum atomic E-state index is 13.4. The molecule has 1 N–H and O–H groups in total. The fraction of sp³-hybridized carbons (Fsp3) is 0.375. The second-order valence-corrected chi connectivity index (χ2v) is 12.6. The van der Waals surface area contributed by atoms with Gasteiger partial charge in [-0.2, -0.15) is 4.31 Å². The maximum absolute atomic E-state index is 13.4. The number of para-hydroxylation sites is 2. The SMILES string of the molecule is CCCCOc1ccc(S(=O)(=O)N2CCN([C@H](C)c3nc(Nc4c(C)cccc4C)c4ccccc4n3)CC2)cc1. The molecule has 0 spiro atoms. The Morgan fingerprint density at radius 2 is 1.59 bits per heavy atom. The molecule has 41 heavy (non-hydrogen) atoms. The van der Waals surface area contributed by atoms with Crippen molar-refractivity contribution in [3.05, 3.63) is 83.7 Å². The zero-order valence-electron chi connectivity index (χ0n) is 24.3. The van der Waals surface area contributed by atoms with Crippen LogP contribution in [0.25, 0.3) is 10.9 Å². The van der Waals surface area contributed by atoms with Crippen LogP contribution in [0.4, 0.5) is 11.5 Å². The molecule has 1 aliphatic rings. The van der Waals surface area contributed by atoms with Gasteiger partial charge in [0, 0.05) is 37.3 Å². The Morgan fingerprint density at radius 1 is 0.902 bits per heavy atom. The smallest absolute Gasteiger partial charge is 0.243 e. The van der Waals surface area contributed by atoms with Crippen molar-refractivity contribution in [2.24, 2.45) is 0 Å². The van der Waals surface area contributed by atoms with Gasteiger partial charge in [0.25, 0.3) is 0 Å². The molecule has 4 aromatic rings. The molecule has 0 radical (unpaired) electrons. The van der Waals surface area contributed by atoms with E-state index in [1.165, 1.54) is 0 Å². The van der Waals surface area contributed by atoms with E-state index in [4.69, 9.17) is 14.7 Å². The minimum Gasteiger partial charge on any atom is -0.494 e. The summed E-state index contributed by atoms with van der Waals surface area (Å²) in [7, 11) is -3.59. The van der Waals surface area contributed by atoms with Gasteiger partial charge in [0.2, 0.25) is 10.0 Å². The summed E-state index contributed by atoms with van der Waals surface area (Å²) in [5.41, 5.74) is 4.23. The molecule has 216 valence electrons. The van der Waals surface area contributed by atoms with Crippen LogP contribution in [0.1, 0.15) is 49.7 Å². The van der Waals surface area contributed by atoms with Gasteiger partial charge in [-0.25, -0.2) is 18.4 Å². The Kier molecular flexibility index (Phi) is 8.87. The van der Waals surface area contributed by atoms with Crippen LogP contribution in [0.3, 0.4) is 0 Å². The molecule has 8 nitrogen and oxygen atoms in total. The van der Waals surface area contributed by atoms with Crippen molar-refractivity contribution in [3.8, 4) is 5.75 Å². The van der Waals surface area contributed by atoms with Gasteiger partial charge >= 0.3 is 0 Å². The number of nitrogens with one attached hydrogen (secondary N) is 1. The summed E-state index contributed by atoms with van der Waals surface area (Å²) in [6, 6.07) is 20.9. The summed E-state index contributed by atoms with van der Waals surface area (Å²) in [6.07, 6.45) is 2.02. The lowest BCUT2D eigenvalue weighted by Crippen LogP contribution is -2.49. The number of aromatic nitrogens is 2. The molecule has 1 fully saturated rings. The average Bonchev–Trinajstić information content (AvgIpc) is 2.99. The highest BCUT2D eigenvalue weighted by molar-refractivity contribution is 7.89. The van der Waals surface area contributed by atoms with Crippen molar-refractivity contribution in [2.45, 2.75) is 51.5 Å². The van der Waals surface area contributed by atoms with Crippen LogP contribution < -0.4 is 10.1 Å². The van der Waals surface area contributed by atoms with Gasteiger partial charge in [-0.1, -0.05) is 43.7 Å². The summed E-state index contributed by atoms with van der Waals surface area (Å²) < 4.78 is 34.0. The maximum Gasteiger partial charge on any atom is 0.243 e. The first-order valence-corrected chi connectivity index (χ1v) is 15.8. The minimum absolute atomic E-state index is 0.0810. The monoisotopic (exact) mass is 573 g/mol. The number of anilines is 2. The summed E-state index contributed by atoms with van der Waals surface area (Å²) in [4.78, 5) is 12.5. The highest BCUT2D eigenvalue weighted by Crippen LogP contribution is 2.31. The number of hydrogen-bond acceptors (Lipinski definition) is 7. The van der Waals surface area contributed by atoms with Crippen molar-refractivity contribution >= 4 is 32.4 Å². The van der Waals surface area contributed by atoms with Crippen LogP contribution >= 0.6 is 0 Å². The molecule has 9 heteroatoms. The number of benzene rings is 3. The van der Waals surface area contributed by atoms with Crippen molar-refractivity contribution in [3.63, 3.8) is 0 Å². The van der Waals surface area contributed by atoms with Crippen molar-refractivity contribution in [1.82, 2.24) is 19.2 Å². The van der Waals surface area contributed by atoms with Gasteiger partial charge < -0.3 is 10.1 Å². The number of aryl methyl sites for hydroxylation is 2. The Hall–Kier alpha value is -3.53. The van der Waals surface area contributed by atoms with Crippen LogP contribution in [-0.4, -0.2) is 60.4 Å². The third kappa shape index (κ3) is 6.37. The molecule has 0 aliphatic carbocycles. The summed E-state index contributed by atoms with van der Waals surface area (Å²) in [5, 5.41) is 4.54. The molecule has 0 amide bonds. The number of ether oxygens (including phenoxy) is 1. The highest BCUT2D eigenvalue weighted by atomic mass is 32.2. The highest BCUT2D eigenvalue weighted by Gasteiger charge is 2.31. The lowest BCUT2D eigenvalue weighted by molar-refractivity contribution is 0.141. The molecular weight excluding hydrogens is 534 g/mol. The van der Waals surface area contributed by atoms with E-state index in [0.29, 0.717) is 49.3 Å². The van der Waals surface area contributed by atoms with Crippen LogP contribution in [0, 0.1) is 13.8 Å². The number of nitrogens with zero attached hydrogens (tertiary/aromatic N) is 4. The number of sulfonamides is 1. The van der Waals surface area contributed by atoms with E-state index in [1.54, 1.807) is 28.6 Å². The van der Waals surface area contributed by atoms with Gasteiger partial charge in [0.1, 0.15) is 17.4 Å². The average molecular weight is 574 g/mol. The van der Waals surface area contributed by atoms with Crippen LogP contribution in [-0.2, 0) is 10.0 Å². The Balaban J connectivity index is 1.30. The quantitative estimate of drug-likeness (QED) is 0.225. The standard InChI is InChI=1S/C32H39N5O3S/c1-5-6-22-40-26-14-16-27(17-15-26)41(38,39)37-20-18-36(19-21-37)25(4)31-33-29-13-8-7-12-28(29)32(35-31)34-30-23(2)10-9-11-24(30)3/h7-17,25H,5-6,18-22H2,1-4H3,(H,33,34,35)/t25-/m1/s1. The first-order valence-electron chi connectivity index (χ1n) is 14.3. The van der Waals surface area contributed by atoms with E-state index >= 15 is 0 Å².